The van der Waals surface area contributed by atoms with Gasteiger partial charge in [-0.3, -0.25) is 0 Å². The number of rotatable bonds is 6. The molecule has 4 rings (SSSR count). The second kappa shape index (κ2) is 9.07. The third-order valence-corrected chi connectivity index (χ3v) is 5.75. The summed E-state index contributed by atoms with van der Waals surface area (Å²) in [6.07, 6.45) is -5.58. The molecule has 1 fully saturated rings. The normalized spacial score (nSPS) is 17.4. The van der Waals surface area contributed by atoms with Crippen LogP contribution in [0.5, 0.6) is 11.5 Å². The third kappa shape index (κ3) is 4.98. The zero-order valence-electron chi connectivity index (χ0n) is 19.4. The minimum Gasteiger partial charge on any atom is -0.492 e. The number of nitrogens with zero attached hydrogens (tertiary/aromatic N) is 1. The highest BCUT2D eigenvalue weighted by molar-refractivity contribution is 5.92. The van der Waals surface area contributed by atoms with E-state index >= 15 is 0 Å². The van der Waals surface area contributed by atoms with E-state index in [4.69, 9.17) is 14.2 Å². The Morgan fingerprint density at radius 3 is 2.47 bits per heavy atom. The molecule has 9 heteroatoms. The highest BCUT2D eigenvalue weighted by Crippen LogP contribution is 2.49. The first-order valence-electron chi connectivity index (χ1n) is 10.8. The molecule has 2 aromatic carbocycles. The van der Waals surface area contributed by atoms with Crippen LogP contribution in [0.1, 0.15) is 36.8 Å². The van der Waals surface area contributed by atoms with Crippen LogP contribution in [0.15, 0.2) is 30.3 Å². The number of alkyl halides is 3. The van der Waals surface area contributed by atoms with Crippen LogP contribution in [0.2, 0.25) is 0 Å². The lowest BCUT2D eigenvalue weighted by molar-refractivity contribution is -0.274. The van der Waals surface area contributed by atoms with Gasteiger partial charge in [-0.25, -0.2) is 4.79 Å². The second-order valence-electron chi connectivity index (χ2n) is 9.27. The predicted octanol–water partition coefficient (Wildman–Crippen LogP) is 4.74. The zero-order valence-corrected chi connectivity index (χ0v) is 19.4. The summed E-state index contributed by atoms with van der Waals surface area (Å²) in [5.41, 5.74) is 2.44. The van der Waals surface area contributed by atoms with Crippen LogP contribution in [0.4, 0.5) is 13.2 Å². The topological polar surface area (TPSA) is 57.2 Å². The number of ether oxygens (including phenoxy) is 4. The Hall–Kier alpha value is -2.84. The molecule has 0 N–H and O–H groups in total. The molecule has 34 heavy (non-hydrogen) atoms. The molecule has 2 aromatic rings. The molecule has 0 unspecified atom stereocenters. The molecule has 0 saturated carbocycles. The number of benzene rings is 2. The highest BCUT2D eigenvalue weighted by Gasteiger charge is 2.37. The van der Waals surface area contributed by atoms with E-state index in [1.54, 1.807) is 12.1 Å². The highest BCUT2D eigenvalue weighted by atomic mass is 19.4. The number of fused-ring (bicyclic) bond motifs is 1. The van der Waals surface area contributed by atoms with Crippen molar-refractivity contribution < 1.29 is 36.9 Å². The first kappa shape index (κ1) is 24.3. The van der Waals surface area contributed by atoms with E-state index < -0.39 is 18.1 Å². The molecule has 0 aliphatic carbocycles. The van der Waals surface area contributed by atoms with Crippen molar-refractivity contribution in [3.05, 3.63) is 47.0 Å². The van der Waals surface area contributed by atoms with Crippen molar-refractivity contribution >= 4 is 11.5 Å². The molecule has 0 amide bonds. The Bertz CT molecular complexity index is 1130. The van der Waals surface area contributed by atoms with Gasteiger partial charge in [0.1, 0.15) is 17.4 Å². The summed E-state index contributed by atoms with van der Waals surface area (Å²) in [5.74, 6) is 2.07. The van der Waals surface area contributed by atoms with E-state index in [1.807, 2.05) is 44.9 Å². The molecule has 2 aliphatic rings. The number of hydrogen-bond acceptors (Lipinski definition) is 6. The van der Waals surface area contributed by atoms with Crippen molar-refractivity contribution in [1.29, 1.82) is 0 Å². The number of hydrogen-bond donors (Lipinski definition) is 0. The first-order chi connectivity index (χ1) is 16.0. The third-order valence-electron chi connectivity index (χ3n) is 5.75. The van der Waals surface area contributed by atoms with Crippen molar-refractivity contribution in [3.63, 3.8) is 0 Å². The molecule has 0 aromatic heterocycles. The first-order valence-corrected chi connectivity index (χ1v) is 10.8. The smallest absolute Gasteiger partial charge is 0.492 e. The van der Waals surface area contributed by atoms with Gasteiger partial charge in [-0.1, -0.05) is 19.9 Å². The Balaban J connectivity index is 1.95. The molecule has 0 spiro atoms. The molecule has 182 valence electrons. The molecular formula is C25H26F3NO5. The van der Waals surface area contributed by atoms with Gasteiger partial charge in [-0.15, -0.1) is 13.2 Å². The fourth-order valence-electron chi connectivity index (χ4n) is 4.16. The lowest BCUT2D eigenvalue weighted by Gasteiger charge is -2.21. The maximum Gasteiger partial charge on any atom is 0.573 e. The quantitative estimate of drug-likeness (QED) is 0.560. The Morgan fingerprint density at radius 1 is 1.15 bits per heavy atom. The molecule has 6 nitrogen and oxygen atoms in total. The average molecular weight is 477 g/mol. The van der Waals surface area contributed by atoms with Crippen LogP contribution in [0.25, 0.3) is 16.7 Å². The monoisotopic (exact) mass is 477 g/mol. The van der Waals surface area contributed by atoms with Crippen molar-refractivity contribution in [2.24, 2.45) is 0 Å². The number of carbonyl (C=O) groups excluding carboxylic acids is 1. The number of halogens is 3. The van der Waals surface area contributed by atoms with E-state index in [0.29, 0.717) is 54.4 Å². The summed E-state index contributed by atoms with van der Waals surface area (Å²) < 4.78 is 61.3. The summed E-state index contributed by atoms with van der Waals surface area (Å²) in [6.45, 7) is 5.40. The molecule has 2 heterocycles. The summed E-state index contributed by atoms with van der Waals surface area (Å²) in [7, 11) is 3.64. The lowest BCUT2D eigenvalue weighted by Crippen LogP contribution is -2.19. The predicted molar refractivity (Wildman–Crippen MR) is 119 cm³/mol. The van der Waals surface area contributed by atoms with Gasteiger partial charge in [0.05, 0.1) is 25.4 Å². The zero-order chi connectivity index (χ0) is 24.7. The van der Waals surface area contributed by atoms with Crippen LogP contribution in [-0.4, -0.2) is 57.7 Å². The van der Waals surface area contributed by atoms with Crippen molar-refractivity contribution in [3.8, 4) is 22.6 Å². The van der Waals surface area contributed by atoms with Crippen LogP contribution in [0, 0.1) is 0 Å². The Labute approximate surface area is 195 Å². The Kier molecular flexibility index (Phi) is 6.48. The van der Waals surface area contributed by atoms with Gasteiger partial charge in [-0.05, 0) is 43.9 Å². The molecule has 0 bridgehead atoms. The summed E-state index contributed by atoms with van der Waals surface area (Å²) in [4.78, 5) is 13.6. The molecule has 0 radical (unpaired) electrons. The Morgan fingerprint density at radius 2 is 1.85 bits per heavy atom. The summed E-state index contributed by atoms with van der Waals surface area (Å²) >= 11 is 0. The van der Waals surface area contributed by atoms with Gasteiger partial charge in [0.2, 0.25) is 0 Å². The van der Waals surface area contributed by atoms with Crippen molar-refractivity contribution in [1.82, 2.24) is 4.90 Å². The fourth-order valence-corrected chi connectivity index (χ4v) is 4.16. The molecule has 2 aliphatic heterocycles. The maximum absolute atomic E-state index is 13.3. The second-order valence-corrected chi connectivity index (χ2v) is 9.27. The van der Waals surface area contributed by atoms with Gasteiger partial charge >= 0.3 is 6.36 Å². The van der Waals surface area contributed by atoms with Crippen molar-refractivity contribution in [2.75, 3.05) is 40.5 Å². The van der Waals surface area contributed by atoms with E-state index in [-0.39, 0.29) is 11.3 Å². The van der Waals surface area contributed by atoms with Crippen LogP contribution < -0.4 is 9.47 Å². The standard InChI is InChI=1S/C25H26F3NO5/c1-24(2)14-33-22-19(10-16(11-20(22)24)17(13-30)12-29(3)4)18-9-15(23-31-7-8-32-23)5-6-21(18)34-25(26,27)28/h5-6,9-11,23H,7-8,12,14H2,1-4H3. The van der Waals surface area contributed by atoms with Crippen molar-refractivity contribution in [2.45, 2.75) is 31.9 Å². The summed E-state index contributed by atoms with van der Waals surface area (Å²) in [5, 5.41) is 0. The SMILES string of the molecule is CN(C)CC(=C=O)c1cc(-c2cc(C3OCCO3)ccc2OC(F)(F)F)c2c(c1)C(C)(C)CO2. The molecular weight excluding hydrogens is 451 g/mol. The van der Waals surface area contributed by atoms with Gasteiger partial charge in [-0.2, -0.15) is 0 Å². The van der Waals surface area contributed by atoms with Gasteiger partial charge < -0.3 is 23.8 Å². The largest absolute Gasteiger partial charge is 0.573 e. The van der Waals surface area contributed by atoms with Gasteiger partial charge in [0.15, 0.2) is 6.29 Å². The fraction of sp³-hybridized carbons (Fsp3) is 0.440. The van der Waals surface area contributed by atoms with E-state index in [9.17, 15) is 18.0 Å². The van der Waals surface area contributed by atoms with Crippen LogP contribution >= 0.6 is 0 Å². The van der Waals surface area contributed by atoms with Crippen LogP contribution in [0.3, 0.4) is 0 Å². The lowest BCUT2D eigenvalue weighted by atomic mass is 9.83. The van der Waals surface area contributed by atoms with E-state index in [2.05, 4.69) is 4.74 Å². The minimum absolute atomic E-state index is 0.167. The van der Waals surface area contributed by atoms with Gasteiger partial charge in [0.25, 0.3) is 0 Å². The minimum atomic E-state index is -4.89. The summed E-state index contributed by atoms with van der Waals surface area (Å²) in [6, 6.07) is 7.80. The van der Waals surface area contributed by atoms with E-state index in [0.717, 1.165) is 5.56 Å². The van der Waals surface area contributed by atoms with Gasteiger partial charge in [0, 0.05) is 34.2 Å². The average Bonchev–Trinajstić information content (AvgIpc) is 3.39. The van der Waals surface area contributed by atoms with Crippen LogP contribution in [-0.2, 0) is 19.7 Å². The molecule has 0 atom stereocenters. The molecule has 1 saturated heterocycles. The van der Waals surface area contributed by atoms with E-state index in [1.165, 1.54) is 12.1 Å². The number of likely N-dealkylation sites (N-methyl/N-ethyl adjacent to an activating group) is 1. The maximum atomic E-state index is 13.3.